The second-order valence-corrected chi connectivity index (χ2v) is 2.01. The van der Waals surface area contributed by atoms with Gasteiger partial charge in [0.05, 0.1) is 15.0 Å². The average molecular weight is 178 g/mol. The van der Waals surface area contributed by atoms with Gasteiger partial charge < -0.3 is 4.52 Å². The first-order valence-corrected chi connectivity index (χ1v) is 3.28. The molecule has 0 bridgehead atoms. The Kier molecular flexibility index (Phi) is 5.79. The Morgan fingerprint density at radius 2 is 1.82 bits per heavy atom. The molecule has 0 spiro atoms. The molecular weight excluding hydrogens is 170 g/mol. The van der Waals surface area contributed by atoms with Crippen LogP contribution in [0.3, 0.4) is 0 Å². The van der Waals surface area contributed by atoms with Crippen molar-refractivity contribution in [2.24, 2.45) is 0 Å². The predicted molar refractivity (Wildman–Crippen MR) is 48.7 cm³/mol. The van der Waals surface area contributed by atoms with E-state index in [9.17, 15) is 4.79 Å². The standard InChI is InChI=1S/C7H7O2P.Na.H/c8-7(9-10)6-4-2-1-3-5-6;;/h1-5H,10H2;;. The van der Waals surface area contributed by atoms with Gasteiger partial charge in [-0.25, -0.2) is 4.79 Å². The van der Waals surface area contributed by atoms with Gasteiger partial charge in [-0.3, -0.25) is 0 Å². The first kappa shape index (κ1) is 11.1. The van der Waals surface area contributed by atoms with Crippen LogP contribution in [0.2, 0.25) is 0 Å². The number of rotatable bonds is 1. The summed E-state index contributed by atoms with van der Waals surface area (Å²) >= 11 is 0. The molecule has 0 radical (unpaired) electrons. The van der Waals surface area contributed by atoms with Crippen molar-refractivity contribution >= 4 is 45.0 Å². The van der Waals surface area contributed by atoms with Gasteiger partial charge in [0.1, 0.15) is 0 Å². The van der Waals surface area contributed by atoms with Gasteiger partial charge in [-0.1, -0.05) is 18.2 Å². The molecule has 0 N–H and O–H groups in total. The zero-order valence-electron chi connectivity index (χ0n) is 5.28. The van der Waals surface area contributed by atoms with Crippen LogP contribution in [0.5, 0.6) is 0 Å². The predicted octanol–water partition coefficient (Wildman–Crippen LogP) is 0.985. The molecule has 0 aliphatic rings. The Morgan fingerprint density at radius 1 is 1.27 bits per heavy atom. The average Bonchev–Trinajstić information content (AvgIpc) is 2.05. The first-order valence-electron chi connectivity index (χ1n) is 2.80. The van der Waals surface area contributed by atoms with Gasteiger partial charge in [0, 0.05) is 0 Å². The summed E-state index contributed by atoms with van der Waals surface area (Å²) in [7, 11) is 1.92. The van der Waals surface area contributed by atoms with E-state index in [-0.39, 0.29) is 35.5 Å². The zero-order valence-corrected chi connectivity index (χ0v) is 6.44. The maximum absolute atomic E-state index is 10.8. The van der Waals surface area contributed by atoms with Gasteiger partial charge in [0.2, 0.25) is 0 Å². The monoisotopic (exact) mass is 178 g/mol. The molecule has 1 aromatic carbocycles. The summed E-state index contributed by atoms with van der Waals surface area (Å²) in [5.74, 6) is -0.328. The Hall–Kier alpha value is 0.120. The second kappa shape index (κ2) is 5.73. The fraction of sp³-hybridized carbons (Fsp3) is 0. The van der Waals surface area contributed by atoms with Crippen molar-refractivity contribution in [3.05, 3.63) is 35.9 Å². The molecule has 1 rings (SSSR count). The van der Waals surface area contributed by atoms with Crippen molar-refractivity contribution in [1.29, 1.82) is 0 Å². The topological polar surface area (TPSA) is 26.3 Å². The molecule has 1 aromatic rings. The van der Waals surface area contributed by atoms with Crippen LogP contribution >= 0.6 is 9.47 Å². The molecule has 0 saturated carbocycles. The number of hydrogen-bond acceptors (Lipinski definition) is 2. The number of hydrogen-bond donors (Lipinski definition) is 0. The molecule has 2 nitrogen and oxygen atoms in total. The third-order valence-electron chi connectivity index (χ3n) is 1.12. The summed E-state index contributed by atoms with van der Waals surface area (Å²) in [5.41, 5.74) is 0.567. The molecule has 0 fully saturated rings. The molecule has 0 saturated heterocycles. The van der Waals surface area contributed by atoms with Gasteiger partial charge in [-0.15, -0.1) is 0 Å². The number of benzene rings is 1. The van der Waals surface area contributed by atoms with Crippen LogP contribution in [-0.4, -0.2) is 35.5 Å². The molecule has 0 aliphatic carbocycles. The summed E-state index contributed by atoms with van der Waals surface area (Å²) in [4.78, 5) is 10.8. The van der Waals surface area contributed by atoms with E-state index in [1.54, 1.807) is 24.3 Å². The van der Waals surface area contributed by atoms with Crippen molar-refractivity contribution in [2.75, 3.05) is 0 Å². The zero-order chi connectivity index (χ0) is 7.40. The summed E-state index contributed by atoms with van der Waals surface area (Å²) < 4.78 is 4.41. The van der Waals surface area contributed by atoms with Crippen molar-refractivity contribution in [1.82, 2.24) is 0 Å². The third-order valence-corrected chi connectivity index (χ3v) is 1.33. The Morgan fingerprint density at radius 3 is 2.27 bits per heavy atom. The quantitative estimate of drug-likeness (QED) is 0.473. The summed E-state index contributed by atoms with van der Waals surface area (Å²) in [6.07, 6.45) is 0. The second-order valence-electron chi connectivity index (χ2n) is 1.77. The van der Waals surface area contributed by atoms with E-state index in [4.69, 9.17) is 0 Å². The van der Waals surface area contributed by atoms with Crippen LogP contribution in [0.15, 0.2) is 30.3 Å². The van der Waals surface area contributed by atoms with Gasteiger partial charge in [0.15, 0.2) is 0 Å². The maximum atomic E-state index is 10.8. The van der Waals surface area contributed by atoms with E-state index < -0.39 is 0 Å². The first-order chi connectivity index (χ1) is 4.84. The molecule has 0 heterocycles. The van der Waals surface area contributed by atoms with Gasteiger partial charge >= 0.3 is 35.5 Å². The van der Waals surface area contributed by atoms with Crippen LogP contribution in [-0.2, 0) is 4.52 Å². The van der Waals surface area contributed by atoms with Crippen LogP contribution in [0.4, 0.5) is 0 Å². The normalized spacial score (nSPS) is 8.09. The van der Waals surface area contributed by atoms with Crippen LogP contribution in [0, 0.1) is 0 Å². The van der Waals surface area contributed by atoms with Gasteiger partial charge in [-0.2, -0.15) is 0 Å². The SMILES string of the molecule is O=C(OP)c1ccccc1.[NaH]. The fourth-order valence-electron chi connectivity index (χ4n) is 0.642. The molecule has 0 aromatic heterocycles. The molecule has 0 amide bonds. The molecular formula is C7H8NaO2P. The van der Waals surface area contributed by atoms with E-state index in [1.165, 1.54) is 0 Å². The molecule has 11 heavy (non-hydrogen) atoms. The Bertz CT molecular complexity index is 225. The van der Waals surface area contributed by atoms with E-state index in [2.05, 4.69) is 4.52 Å². The molecule has 4 heteroatoms. The van der Waals surface area contributed by atoms with Crippen molar-refractivity contribution < 1.29 is 9.32 Å². The number of carbonyl (C=O) groups excluding carboxylic acids is 1. The summed E-state index contributed by atoms with van der Waals surface area (Å²) in [5, 5.41) is 0. The van der Waals surface area contributed by atoms with Gasteiger partial charge in [0.25, 0.3) is 0 Å². The summed E-state index contributed by atoms with van der Waals surface area (Å²) in [6.45, 7) is 0. The van der Waals surface area contributed by atoms with Crippen molar-refractivity contribution in [3.8, 4) is 0 Å². The molecule has 1 unspecified atom stereocenters. The summed E-state index contributed by atoms with van der Waals surface area (Å²) in [6, 6.07) is 8.83. The molecule has 1 atom stereocenters. The van der Waals surface area contributed by atoms with Crippen LogP contribution in [0.1, 0.15) is 10.4 Å². The third kappa shape index (κ3) is 3.35. The molecule has 54 valence electrons. The van der Waals surface area contributed by atoms with Crippen molar-refractivity contribution in [2.45, 2.75) is 0 Å². The van der Waals surface area contributed by atoms with E-state index in [1.807, 2.05) is 15.5 Å². The molecule has 0 aliphatic heterocycles. The van der Waals surface area contributed by atoms with Crippen LogP contribution in [0.25, 0.3) is 0 Å². The fourth-order valence-corrected chi connectivity index (χ4v) is 0.778. The van der Waals surface area contributed by atoms with Crippen LogP contribution < -0.4 is 0 Å². The minimum absolute atomic E-state index is 0. The number of carbonyl (C=O) groups is 1. The van der Waals surface area contributed by atoms with Gasteiger partial charge in [-0.05, 0) is 12.1 Å². The minimum atomic E-state index is -0.328. The Labute approximate surface area is 89.9 Å². The van der Waals surface area contributed by atoms with E-state index >= 15 is 0 Å². The Balaban J connectivity index is 0.000001000. The van der Waals surface area contributed by atoms with Crippen molar-refractivity contribution in [3.63, 3.8) is 0 Å². The van der Waals surface area contributed by atoms with E-state index in [0.717, 1.165) is 0 Å². The van der Waals surface area contributed by atoms with E-state index in [0.29, 0.717) is 5.56 Å².